The van der Waals surface area contributed by atoms with E-state index < -0.39 is 0 Å². The number of allylic oxidation sites excluding steroid dienone is 2. The molecular formula is C17H25N5. The van der Waals surface area contributed by atoms with Gasteiger partial charge in [0.15, 0.2) is 0 Å². The average molecular weight is 299 g/mol. The van der Waals surface area contributed by atoms with Crippen LogP contribution in [-0.2, 0) is 0 Å². The van der Waals surface area contributed by atoms with Gasteiger partial charge in [-0.05, 0) is 37.5 Å². The third kappa shape index (κ3) is 2.70. The van der Waals surface area contributed by atoms with Crippen molar-refractivity contribution in [1.82, 2.24) is 14.9 Å². The molecular weight excluding hydrogens is 274 g/mol. The second kappa shape index (κ2) is 5.54. The minimum atomic E-state index is 0.381. The van der Waals surface area contributed by atoms with Gasteiger partial charge in [-0.15, -0.1) is 0 Å². The quantitative estimate of drug-likeness (QED) is 0.861. The fourth-order valence-electron chi connectivity index (χ4n) is 4.33. The van der Waals surface area contributed by atoms with E-state index in [-0.39, 0.29) is 0 Å². The van der Waals surface area contributed by atoms with Crippen LogP contribution in [0.3, 0.4) is 0 Å². The van der Waals surface area contributed by atoms with Crippen LogP contribution in [0.5, 0.6) is 0 Å². The number of aromatic nitrogens is 2. The predicted octanol–water partition coefficient (Wildman–Crippen LogP) is 1.70. The zero-order valence-corrected chi connectivity index (χ0v) is 13.3. The van der Waals surface area contributed by atoms with Crippen molar-refractivity contribution in [3.8, 4) is 0 Å². The summed E-state index contributed by atoms with van der Waals surface area (Å²) in [5, 5.41) is 0. The van der Waals surface area contributed by atoms with Gasteiger partial charge in [0, 0.05) is 44.5 Å². The molecule has 1 aromatic heterocycles. The van der Waals surface area contributed by atoms with E-state index in [1.807, 2.05) is 13.0 Å². The van der Waals surface area contributed by atoms with Gasteiger partial charge in [0.25, 0.3) is 0 Å². The van der Waals surface area contributed by atoms with Gasteiger partial charge < -0.3 is 10.6 Å². The lowest BCUT2D eigenvalue weighted by atomic mass is 9.93. The Hall–Kier alpha value is -1.62. The summed E-state index contributed by atoms with van der Waals surface area (Å²) in [5.74, 6) is 3.98. The standard InChI is InChI=1S/C17H25N5/c1-12-8-16(20-17(18)19-12)22-6-4-21(5-7-22)11-15-10-13-2-3-14(15)9-13/h2-3,8,13-15H,4-7,9-11H2,1H3,(H2,18,19,20)/t13-,14-,15-/m0/s1. The predicted molar refractivity (Wildman–Crippen MR) is 88.7 cm³/mol. The highest BCUT2D eigenvalue weighted by Crippen LogP contribution is 2.43. The van der Waals surface area contributed by atoms with E-state index in [1.165, 1.54) is 19.4 Å². The summed E-state index contributed by atoms with van der Waals surface area (Å²) < 4.78 is 0. The van der Waals surface area contributed by atoms with Gasteiger partial charge in [0.05, 0.1) is 0 Å². The minimum Gasteiger partial charge on any atom is -0.368 e. The third-order valence-electron chi connectivity index (χ3n) is 5.46. The first-order valence-electron chi connectivity index (χ1n) is 8.44. The summed E-state index contributed by atoms with van der Waals surface area (Å²) in [6.07, 6.45) is 7.70. The molecule has 1 saturated carbocycles. The molecule has 118 valence electrons. The molecule has 0 aromatic carbocycles. The molecule has 1 aliphatic heterocycles. The molecule has 2 fully saturated rings. The van der Waals surface area contributed by atoms with Crippen molar-refractivity contribution < 1.29 is 0 Å². The number of piperazine rings is 1. The topological polar surface area (TPSA) is 58.3 Å². The number of hydrogen-bond acceptors (Lipinski definition) is 5. The van der Waals surface area contributed by atoms with Gasteiger partial charge >= 0.3 is 0 Å². The molecule has 3 aliphatic rings. The Bertz CT molecular complexity index is 556. The van der Waals surface area contributed by atoms with Crippen LogP contribution in [0.2, 0.25) is 0 Å². The fraction of sp³-hybridized carbons (Fsp3) is 0.647. The molecule has 22 heavy (non-hydrogen) atoms. The van der Waals surface area contributed by atoms with Crippen molar-refractivity contribution >= 4 is 11.8 Å². The average Bonchev–Trinajstić information content (AvgIpc) is 3.09. The van der Waals surface area contributed by atoms with Gasteiger partial charge in [-0.1, -0.05) is 12.2 Å². The van der Waals surface area contributed by atoms with Crippen LogP contribution >= 0.6 is 0 Å². The van der Waals surface area contributed by atoms with Crippen LogP contribution in [0, 0.1) is 24.7 Å². The molecule has 2 N–H and O–H groups in total. The van der Waals surface area contributed by atoms with Gasteiger partial charge in [0.2, 0.25) is 5.95 Å². The Morgan fingerprint density at radius 1 is 1.14 bits per heavy atom. The van der Waals surface area contributed by atoms with Crippen molar-refractivity contribution in [3.05, 3.63) is 23.9 Å². The van der Waals surface area contributed by atoms with Crippen LogP contribution in [0.25, 0.3) is 0 Å². The summed E-state index contributed by atoms with van der Waals surface area (Å²) in [6, 6.07) is 2.03. The van der Waals surface area contributed by atoms with Crippen LogP contribution in [-0.4, -0.2) is 47.6 Å². The molecule has 2 aliphatic carbocycles. The summed E-state index contributed by atoms with van der Waals surface area (Å²) in [7, 11) is 0. The molecule has 2 bridgehead atoms. The van der Waals surface area contributed by atoms with Gasteiger partial charge in [-0.3, -0.25) is 4.90 Å². The molecule has 0 amide bonds. The van der Waals surface area contributed by atoms with Gasteiger partial charge in [-0.25, -0.2) is 4.98 Å². The number of rotatable bonds is 3. The summed E-state index contributed by atoms with van der Waals surface area (Å²) in [4.78, 5) is 13.5. The highest BCUT2D eigenvalue weighted by atomic mass is 15.3. The van der Waals surface area contributed by atoms with Crippen LogP contribution in [0.1, 0.15) is 18.5 Å². The number of hydrogen-bond donors (Lipinski definition) is 1. The zero-order valence-electron chi connectivity index (χ0n) is 13.3. The molecule has 0 spiro atoms. The molecule has 1 saturated heterocycles. The molecule has 1 aromatic rings. The third-order valence-corrected chi connectivity index (χ3v) is 5.46. The molecule has 0 unspecified atom stereocenters. The normalized spacial score (nSPS) is 31.1. The highest BCUT2D eigenvalue weighted by Gasteiger charge is 2.36. The number of nitrogens with two attached hydrogens (primary N) is 1. The first kappa shape index (κ1) is 14.0. The maximum atomic E-state index is 5.77. The second-order valence-corrected chi connectivity index (χ2v) is 7.05. The van der Waals surface area contributed by atoms with E-state index in [0.717, 1.165) is 55.4 Å². The number of nitrogen functional groups attached to an aromatic ring is 1. The number of aryl methyl sites for hydroxylation is 1. The Morgan fingerprint density at radius 2 is 1.95 bits per heavy atom. The lowest BCUT2D eigenvalue weighted by Gasteiger charge is -2.37. The lowest BCUT2D eigenvalue weighted by Crippen LogP contribution is -2.48. The Morgan fingerprint density at radius 3 is 2.59 bits per heavy atom. The lowest BCUT2D eigenvalue weighted by molar-refractivity contribution is 0.204. The molecule has 2 heterocycles. The van der Waals surface area contributed by atoms with Gasteiger partial charge in [-0.2, -0.15) is 4.98 Å². The monoisotopic (exact) mass is 299 g/mol. The van der Waals surface area contributed by atoms with E-state index in [1.54, 1.807) is 0 Å². The molecule has 4 rings (SSSR count). The first-order chi connectivity index (χ1) is 10.7. The second-order valence-electron chi connectivity index (χ2n) is 7.05. The molecule has 5 heteroatoms. The van der Waals surface area contributed by atoms with Crippen molar-refractivity contribution in [3.63, 3.8) is 0 Å². The van der Waals surface area contributed by atoms with E-state index in [4.69, 9.17) is 5.73 Å². The van der Waals surface area contributed by atoms with E-state index in [9.17, 15) is 0 Å². The Labute approximate surface area is 132 Å². The molecule has 5 nitrogen and oxygen atoms in total. The first-order valence-corrected chi connectivity index (χ1v) is 8.44. The fourth-order valence-corrected chi connectivity index (χ4v) is 4.33. The summed E-state index contributed by atoms with van der Waals surface area (Å²) in [5.41, 5.74) is 6.71. The summed E-state index contributed by atoms with van der Waals surface area (Å²) in [6.45, 7) is 7.56. The number of fused-ring (bicyclic) bond motifs is 2. The van der Waals surface area contributed by atoms with Gasteiger partial charge in [0.1, 0.15) is 5.82 Å². The minimum absolute atomic E-state index is 0.381. The van der Waals surface area contributed by atoms with Crippen LogP contribution in [0.15, 0.2) is 18.2 Å². The maximum absolute atomic E-state index is 5.77. The highest BCUT2D eigenvalue weighted by molar-refractivity contribution is 5.43. The van der Waals surface area contributed by atoms with Crippen LogP contribution in [0.4, 0.5) is 11.8 Å². The zero-order chi connectivity index (χ0) is 15.1. The SMILES string of the molecule is Cc1cc(N2CCN(C[C@@H]3C[C@H]4C=C[C@H]3C4)CC2)nc(N)n1. The summed E-state index contributed by atoms with van der Waals surface area (Å²) >= 11 is 0. The Kier molecular flexibility index (Phi) is 3.53. The van der Waals surface area contributed by atoms with E-state index in [2.05, 4.69) is 31.9 Å². The maximum Gasteiger partial charge on any atom is 0.222 e. The van der Waals surface area contributed by atoms with Crippen LogP contribution < -0.4 is 10.6 Å². The smallest absolute Gasteiger partial charge is 0.222 e. The van der Waals surface area contributed by atoms with Crippen molar-refractivity contribution in [2.24, 2.45) is 17.8 Å². The number of nitrogens with zero attached hydrogens (tertiary/aromatic N) is 4. The molecule has 3 atom stereocenters. The van der Waals surface area contributed by atoms with Crippen molar-refractivity contribution in [1.29, 1.82) is 0 Å². The Balaban J connectivity index is 1.33. The van der Waals surface area contributed by atoms with E-state index >= 15 is 0 Å². The number of anilines is 2. The largest absolute Gasteiger partial charge is 0.368 e. The van der Waals surface area contributed by atoms with Crippen molar-refractivity contribution in [2.45, 2.75) is 19.8 Å². The molecule has 0 radical (unpaired) electrons. The van der Waals surface area contributed by atoms with Crippen molar-refractivity contribution in [2.75, 3.05) is 43.4 Å². The van der Waals surface area contributed by atoms with E-state index in [0.29, 0.717) is 5.95 Å².